The van der Waals surface area contributed by atoms with Gasteiger partial charge in [0, 0.05) is 31.0 Å². The summed E-state index contributed by atoms with van der Waals surface area (Å²) in [5, 5.41) is 0. The molecule has 1 aliphatic heterocycles. The van der Waals surface area contributed by atoms with Gasteiger partial charge in [-0.1, -0.05) is 36.4 Å². The Morgan fingerprint density at radius 3 is 2.61 bits per heavy atom. The van der Waals surface area contributed by atoms with Crippen LogP contribution in [0.3, 0.4) is 0 Å². The van der Waals surface area contributed by atoms with Crippen molar-refractivity contribution < 1.29 is 13.9 Å². The van der Waals surface area contributed by atoms with Gasteiger partial charge in [0.2, 0.25) is 0 Å². The van der Waals surface area contributed by atoms with E-state index in [9.17, 15) is 9.18 Å². The Labute approximate surface area is 133 Å². The van der Waals surface area contributed by atoms with Gasteiger partial charge in [-0.2, -0.15) is 4.39 Å². The highest BCUT2D eigenvalue weighted by molar-refractivity contribution is 5.72. The second-order valence-electron chi connectivity index (χ2n) is 5.21. The summed E-state index contributed by atoms with van der Waals surface area (Å²) in [7, 11) is 0. The molecule has 2 heterocycles. The first-order chi connectivity index (χ1) is 11.2. The molecule has 6 heteroatoms. The predicted octanol–water partition coefficient (Wildman–Crippen LogP) is 3.04. The summed E-state index contributed by atoms with van der Waals surface area (Å²) in [6, 6.07) is 9.56. The van der Waals surface area contributed by atoms with Crippen LogP contribution < -0.4 is 0 Å². The number of carbonyl (C=O) groups is 1. The Hall–Kier alpha value is -2.76. The minimum absolute atomic E-state index is 0.262. The molecule has 1 aromatic carbocycles. The lowest BCUT2D eigenvalue weighted by molar-refractivity contribution is 0.0998. The molecule has 0 bridgehead atoms. The second kappa shape index (κ2) is 7.00. The minimum Gasteiger partial charge on any atom is -0.445 e. The summed E-state index contributed by atoms with van der Waals surface area (Å²) < 4.78 is 18.0. The maximum Gasteiger partial charge on any atom is 0.410 e. The monoisotopic (exact) mass is 313 g/mol. The summed E-state index contributed by atoms with van der Waals surface area (Å²) >= 11 is 0. The van der Waals surface area contributed by atoms with Gasteiger partial charge in [-0.3, -0.25) is 0 Å². The van der Waals surface area contributed by atoms with Crippen LogP contribution in [0.2, 0.25) is 0 Å². The largest absolute Gasteiger partial charge is 0.445 e. The van der Waals surface area contributed by atoms with E-state index < -0.39 is 6.08 Å². The Bertz CT molecular complexity index is 702. The van der Waals surface area contributed by atoms with Gasteiger partial charge in [0.05, 0.1) is 0 Å². The standard InChI is InChI=1S/C17H16FN3O2/c18-16-19-10-15(11-20-16)14-6-8-21(9-7-14)17(22)23-12-13-4-2-1-3-5-13/h1-6,10-11H,7-9,12H2. The van der Waals surface area contributed by atoms with Crippen LogP contribution in [-0.2, 0) is 11.3 Å². The minimum atomic E-state index is -0.740. The van der Waals surface area contributed by atoms with Crippen LogP contribution in [0.5, 0.6) is 0 Å². The van der Waals surface area contributed by atoms with E-state index in [1.165, 1.54) is 12.4 Å². The molecule has 0 radical (unpaired) electrons. The zero-order valence-corrected chi connectivity index (χ0v) is 12.5. The first kappa shape index (κ1) is 15.1. The third-order valence-electron chi connectivity index (χ3n) is 3.66. The number of rotatable bonds is 3. The van der Waals surface area contributed by atoms with Gasteiger partial charge in [-0.15, -0.1) is 0 Å². The van der Waals surface area contributed by atoms with Crippen LogP contribution >= 0.6 is 0 Å². The fourth-order valence-electron chi connectivity index (χ4n) is 2.39. The second-order valence-corrected chi connectivity index (χ2v) is 5.21. The van der Waals surface area contributed by atoms with E-state index in [4.69, 9.17) is 4.74 Å². The van der Waals surface area contributed by atoms with Crippen LogP contribution in [0.15, 0.2) is 48.8 Å². The molecule has 0 saturated heterocycles. The van der Waals surface area contributed by atoms with E-state index >= 15 is 0 Å². The molecule has 1 amide bonds. The summed E-state index contributed by atoms with van der Waals surface area (Å²) in [6.07, 6.45) is 4.42. The lowest BCUT2D eigenvalue weighted by Gasteiger charge is -2.25. The van der Waals surface area contributed by atoms with Crippen molar-refractivity contribution >= 4 is 11.7 Å². The average molecular weight is 313 g/mol. The van der Waals surface area contributed by atoms with Crippen molar-refractivity contribution in [2.24, 2.45) is 0 Å². The van der Waals surface area contributed by atoms with Gasteiger partial charge < -0.3 is 9.64 Å². The van der Waals surface area contributed by atoms with Gasteiger partial charge in [-0.25, -0.2) is 14.8 Å². The van der Waals surface area contributed by atoms with Crippen molar-refractivity contribution in [3.8, 4) is 0 Å². The van der Waals surface area contributed by atoms with E-state index in [0.29, 0.717) is 19.5 Å². The Balaban J connectivity index is 1.55. The molecule has 3 rings (SSSR count). The molecule has 0 aliphatic carbocycles. The van der Waals surface area contributed by atoms with Crippen molar-refractivity contribution in [2.75, 3.05) is 13.1 Å². The Kier molecular flexibility index (Phi) is 4.61. The lowest BCUT2D eigenvalue weighted by Crippen LogP contribution is -2.35. The van der Waals surface area contributed by atoms with Gasteiger partial charge in [-0.05, 0) is 17.6 Å². The SMILES string of the molecule is O=C(OCc1ccccc1)N1CC=C(c2cnc(F)nc2)CC1. The molecular formula is C17H16FN3O2. The predicted molar refractivity (Wildman–Crippen MR) is 82.8 cm³/mol. The number of halogens is 1. The normalized spacial score (nSPS) is 14.3. The molecule has 1 aromatic heterocycles. The Morgan fingerprint density at radius 2 is 1.96 bits per heavy atom. The zero-order chi connectivity index (χ0) is 16.1. The van der Waals surface area contributed by atoms with Gasteiger partial charge in [0.15, 0.2) is 0 Å². The maximum atomic E-state index is 12.7. The molecule has 2 aromatic rings. The summed E-state index contributed by atoms with van der Waals surface area (Å²) in [5.41, 5.74) is 2.75. The van der Waals surface area contributed by atoms with Crippen molar-refractivity contribution in [3.63, 3.8) is 0 Å². The maximum absolute atomic E-state index is 12.7. The van der Waals surface area contributed by atoms with Gasteiger partial charge >= 0.3 is 12.2 Å². The van der Waals surface area contributed by atoms with E-state index in [2.05, 4.69) is 9.97 Å². The fraction of sp³-hybridized carbons (Fsp3) is 0.235. The number of nitrogens with zero attached hydrogens (tertiary/aromatic N) is 3. The highest BCUT2D eigenvalue weighted by atomic mass is 19.1. The highest BCUT2D eigenvalue weighted by Gasteiger charge is 2.19. The van der Waals surface area contributed by atoms with Crippen LogP contribution in [0.4, 0.5) is 9.18 Å². The molecule has 0 unspecified atom stereocenters. The molecule has 0 fully saturated rings. The topological polar surface area (TPSA) is 55.3 Å². The summed E-state index contributed by atoms with van der Waals surface area (Å²) in [6.45, 7) is 1.27. The Morgan fingerprint density at radius 1 is 1.22 bits per heavy atom. The first-order valence-corrected chi connectivity index (χ1v) is 7.35. The van der Waals surface area contributed by atoms with Crippen LogP contribution in [0.25, 0.3) is 5.57 Å². The molecule has 1 aliphatic rings. The lowest BCUT2D eigenvalue weighted by atomic mass is 10.0. The quantitative estimate of drug-likeness (QED) is 0.817. The molecule has 0 atom stereocenters. The number of aromatic nitrogens is 2. The number of hydrogen-bond donors (Lipinski definition) is 0. The van der Waals surface area contributed by atoms with Crippen molar-refractivity contribution in [1.82, 2.24) is 14.9 Å². The number of ether oxygens (including phenoxy) is 1. The smallest absolute Gasteiger partial charge is 0.410 e. The third kappa shape index (κ3) is 3.91. The molecule has 0 saturated carbocycles. The molecule has 5 nitrogen and oxygen atoms in total. The molecule has 0 spiro atoms. The number of hydrogen-bond acceptors (Lipinski definition) is 4. The summed E-state index contributed by atoms with van der Waals surface area (Å²) in [4.78, 5) is 20.8. The fourth-order valence-corrected chi connectivity index (χ4v) is 2.39. The average Bonchev–Trinajstić information content (AvgIpc) is 2.61. The highest BCUT2D eigenvalue weighted by Crippen LogP contribution is 2.21. The molecular weight excluding hydrogens is 297 g/mol. The van der Waals surface area contributed by atoms with Gasteiger partial charge in [0.25, 0.3) is 0 Å². The van der Waals surface area contributed by atoms with Crippen molar-refractivity contribution in [2.45, 2.75) is 13.0 Å². The van der Waals surface area contributed by atoms with Crippen LogP contribution in [0.1, 0.15) is 17.5 Å². The van der Waals surface area contributed by atoms with E-state index in [1.54, 1.807) is 4.90 Å². The third-order valence-corrected chi connectivity index (χ3v) is 3.66. The zero-order valence-electron chi connectivity index (χ0n) is 12.5. The van der Waals surface area contributed by atoms with E-state index in [0.717, 1.165) is 16.7 Å². The van der Waals surface area contributed by atoms with Gasteiger partial charge in [0.1, 0.15) is 6.61 Å². The number of amides is 1. The van der Waals surface area contributed by atoms with Crippen LogP contribution in [0, 0.1) is 6.08 Å². The number of carbonyl (C=O) groups excluding carboxylic acids is 1. The molecule has 23 heavy (non-hydrogen) atoms. The molecule has 118 valence electrons. The first-order valence-electron chi connectivity index (χ1n) is 7.35. The van der Waals surface area contributed by atoms with E-state index in [-0.39, 0.29) is 12.7 Å². The summed E-state index contributed by atoms with van der Waals surface area (Å²) in [5.74, 6) is 0. The van der Waals surface area contributed by atoms with Crippen molar-refractivity contribution in [1.29, 1.82) is 0 Å². The number of benzene rings is 1. The van der Waals surface area contributed by atoms with E-state index in [1.807, 2.05) is 36.4 Å². The van der Waals surface area contributed by atoms with Crippen LogP contribution in [-0.4, -0.2) is 34.1 Å². The molecule has 0 N–H and O–H groups in total. The van der Waals surface area contributed by atoms with Crippen molar-refractivity contribution in [3.05, 3.63) is 66.0 Å².